The van der Waals surface area contributed by atoms with Crippen molar-refractivity contribution in [2.75, 3.05) is 5.32 Å². The van der Waals surface area contributed by atoms with Crippen LogP contribution in [0.15, 0.2) is 22.8 Å². The molecule has 1 amide bonds. The van der Waals surface area contributed by atoms with E-state index in [0.29, 0.717) is 9.99 Å². The molecule has 96 valence electrons. The molecule has 1 aliphatic heterocycles. The topological polar surface area (TPSA) is 42.0 Å². The zero-order chi connectivity index (χ0) is 13.2. The molecule has 5 heteroatoms. The van der Waals surface area contributed by atoms with Crippen LogP contribution in [0, 0.1) is 5.82 Å². The molecule has 1 aromatic carbocycles. The van der Waals surface area contributed by atoms with E-state index in [1.165, 1.54) is 6.07 Å². The second-order valence-electron chi connectivity index (χ2n) is 5.22. The van der Waals surface area contributed by atoms with Crippen LogP contribution in [0.25, 0.3) is 10.9 Å². The molecular formula is C14H10BrFN2O. The van der Waals surface area contributed by atoms with Crippen molar-refractivity contribution in [2.45, 2.75) is 24.7 Å². The summed E-state index contributed by atoms with van der Waals surface area (Å²) in [6.07, 6.45) is 4.41. The van der Waals surface area contributed by atoms with Gasteiger partial charge in [-0.2, -0.15) is 0 Å². The van der Waals surface area contributed by atoms with Gasteiger partial charge in [-0.1, -0.05) is 6.42 Å². The Balaban J connectivity index is 2.10. The first-order valence-electron chi connectivity index (χ1n) is 6.21. The van der Waals surface area contributed by atoms with E-state index in [4.69, 9.17) is 0 Å². The van der Waals surface area contributed by atoms with Crippen molar-refractivity contribution < 1.29 is 9.18 Å². The van der Waals surface area contributed by atoms with E-state index in [2.05, 4.69) is 26.2 Å². The molecule has 0 radical (unpaired) electrons. The van der Waals surface area contributed by atoms with Gasteiger partial charge in [0.1, 0.15) is 5.82 Å². The average molecular weight is 321 g/mol. The number of amides is 1. The minimum Gasteiger partial charge on any atom is -0.324 e. The highest BCUT2D eigenvalue weighted by Crippen LogP contribution is 2.53. The molecule has 1 spiro atoms. The number of nitrogens with one attached hydrogen (secondary N) is 1. The summed E-state index contributed by atoms with van der Waals surface area (Å²) in [7, 11) is 0. The number of nitrogens with zero attached hydrogens (tertiary/aromatic N) is 1. The predicted molar refractivity (Wildman–Crippen MR) is 73.6 cm³/mol. The van der Waals surface area contributed by atoms with Gasteiger partial charge in [-0.05, 0) is 34.8 Å². The van der Waals surface area contributed by atoms with E-state index >= 15 is 0 Å². The van der Waals surface area contributed by atoms with Gasteiger partial charge in [-0.25, -0.2) is 4.39 Å². The lowest BCUT2D eigenvalue weighted by Gasteiger charge is -2.36. The van der Waals surface area contributed by atoms with Crippen molar-refractivity contribution in [2.24, 2.45) is 0 Å². The summed E-state index contributed by atoms with van der Waals surface area (Å²) < 4.78 is 14.0. The summed E-state index contributed by atoms with van der Waals surface area (Å²) in [4.78, 5) is 16.4. The van der Waals surface area contributed by atoms with Crippen molar-refractivity contribution >= 4 is 38.4 Å². The van der Waals surface area contributed by atoms with E-state index in [1.54, 1.807) is 12.3 Å². The fraction of sp³-hybridized carbons (Fsp3) is 0.286. The molecule has 0 unspecified atom stereocenters. The number of aromatic nitrogens is 1. The van der Waals surface area contributed by atoms with Crippen LogP contribution in [-0.2, 0) is 10.2 Å². The number of anilines is 1. The summed E-state index contributed by atoms with van der Waals surface area (Å²) in [5, 5.41) is 3.77. The maximum atomic E-state index is 13.6. The molecule has 19 heavy (non-hydrogen) atoms. The molecule has 0 bridgehead atoms. The van der Waals surface area contributed by atoms with Crippen LogP contribution in [0.5, 0.6) is 0 Å². The van der Waals surface area contributed by atoms with Crippen LogP contribution >= 0.6 is 15.9 Å². The van der Waals surface area contributed by atoms with Crippen LogP contribution in [0.4, 0.5) is 10.1 Å². The summed E-state index contributed by atoms with van der Waals surface area (Å²) in [5.41, 5.74) is 1.96. The van der Waals surface area contributed by atoms with E-state index in [-0.39, 0.29) is 11.7 Å². The normalized spacial score (nSPS) is 19.4. The lowest BCUT2D eigenvalue weighted by Crippen LogP contribution is -2.40. The number of halogens is 2. The van der Waals surface area contributed by atoms with Gasteiger partial charge in [-0.15, -0.1) is 0 Å². The highest BCUT2D eigenvalue weighted by molar-refractivity contribution is 9.10. The molecule has 3 nitrogen and oxygen atoms in total. The lowest BCUT2D eigenvalue weighted by molar-refractivity contribution is -0.123. The third-order valence-electron chi connectivity index (χ3n) is 4.28. The number of carbonyl (C=O) groups is 1. The Hall–Kier alpha value is -1.49. The van der Waals surface area contributed by atoms with Gasteiger partial charge < -0.3 is 5.32 Å². The van der Waals surface area contributed by atoms with Gasteiger partial charge in [0.2, 0.25) is 5.91 Å². The average Bonchev–Trinajstić information content (AvgIpc) is 2.63. The second-order valence-corrected chi connectivity index (χ2v) is 6.07. The zero-order valence-electron chi connectivity index (χ0n) is 9.96. The quantitative estimate of drug-likeness (QED) is 0.807. The Morgan fingerprint density at radius 2 is 2.16 bits per heavy atom. The molecule has 4 rings (SSSR count). The molecule has 0 saturated heterocycles. The Morgan fingerprint density at radius 3 is 2.84 bits per heavy atom. The van der Waals surface area contributed by atoms with E-state index in [0.717, 1.165) is 35.9 Å². The maximum Gasteiger partial charge on any atom is 0.235 e. The zero-order valence-corrected chi connectivity index (χ0v) is 11.6. The van der Waals surface area contributed by atoms with Gasteiger partial charge in [0.05, 0.1) is 27.3 Å². The van der Waals surface area contributed by atoms with Crippen molar-refractivity contribution in [3.05, 3.63) is 34.2 Å². The summed E-state index contributed by atoms with van der Waals surface area (Å²) in [6.45, 7) is 0. The molecule has 0 atom stereocenters. The maximum absolute atomic E-state index is 13.6. The molecule has 1 saturated carbocycles. The Bertz CT molecular complexity index is 740. The van der Waals surface area contributed by atoms with Crippen molar-refractivity contribution in [1.29, 1.82) is 0 Å². The van der Waals surface area contributed by atoms with Crippen LogP contribution in [-0.4, -0.2) is 10.9 Å². The number of carbonyl (C=O) groups excluding carboxylic acids is 1. The van der Waals surface area contributed by atoms with Gasteiger partial charge >= 0.3 is 0 Å². The third-order valence-corrected chi connectivity index (χ3v) is 4.89. The number of hydrogen-bond donors (Lipinski definition) is 1. The van der Waals surface area contributed by atoms with Crippen LogP contribution < -0.4 is 5.32 Å². The molecular weight excluding hydrogens is 311 g/mol. The Kier molecular flexibility index (Phi) is 2.11. The van der Waals surface area contributed by atoms with E-state index in [1.807, 2.05) is 0 Å². The first-order chi connectivity index (χ1) is 9.12. The first kappa shape index (κ1) is 11.3. The van der Waals surface area contributed by atoms with Crippen molar-refractivity contribution in [3.63, 3.8) is 0 Å². The number of hydrogen-bond acceptors (Lipinski definition) is 2. The van der Waals surface area contributed by atoms with Crippen LogP contribution in [0.3, 0.4) is 0 Å². The largest absolute Gasteiger partial charge is 0.324 e. The number of fused-ring (bicyclic) bond motifs is 4. The molecule has 2 aliphatic rings. The second kappa shape index (κ2) is 3.54. The minimum absolute atomic E-state index is 0.0588. The SMILES string of the molecule is O=C1Nc2cnc3cc(F)c(Br)cc3c2C12CCC2. The minimum atomic E-state index is -0.409. The first-order valence-corrected chi connectivity index (χ1v) is 7.01. The Morgan fingerprint density at radius 1 is 1.37 bits per heavy atom. The van der Waals surface area contributed by atoms with E-state index in [9.17, 15) is 9.18 Å². The lowest BCUT2D eigenvalue weighted by atomic mass is 9.64. The molecule has 2 heterocycles. The smallest absolute Gasteiger partial charge is 0.235 e. The van der Waals surface area contributed by atoms with Crippen LogP contribution in [0.1, 0.15) is 24.8 Å². The van der Waals surface area contributed by atoms with Gasteiger partial charge in [0.15, 0.2) is 0 Å². The predicted octanol–water partition coefficient (Wildman–Crippen LogP) is 3.51. The van der Waals surface area contributed by atoms with E-state index < -0.39 is 5.41 Å². The fourth-order valence-corrected chi connectivity index (χ4v) is 3.50. The Labute approximate surface area is 117 Å². The highest BCUT2D eigenvalue weighted by Gasteiger charge is 2.52. The number of benzene rings is 1. The summed E-state index contributed by atoms with van der Waals surface area (Å²) >= 11 is 3.21. The molecule has 1 aromatic heterocycles. The summed E-state index contributed by atoms with van der Waals surface area (Å²) in [6, 6.07) is 3.14. The van der Waals surface area contributed by atoms with Gasteiger partial charge in [0.25, 0.3) is 0 Å². The van der Waals surface area contributed by atoms with Crippen LogP contribution in [0.2, 0.25) is 0 Å². The fourth-order valence-electron chi connectivity index (χ4n) is 3.16. The molecule has 1 fully saturated rings. The number of pyridine rings is 1. The van der Waals surface area contributed by atoms with Crippen molar-refractivity contribution in [1.82, 2.24) is 4.98 Å². The van der Waals surface area contributed by atoms with Crippen molar-refractivity contribution in [3.8, 4) is 0 Å². The highest BCUT2D eigenvalue weighted by atomic mass is 79.9. The van der Waals surface area contributed by atoms with Gasteiger partial charge in [-0.3, -0.25) is 9.78 Å². The monoisotopic (exact) mass is 320 g/mol. The van der Waals surface area contributed by atoms with Gasteiger partial charge in [0, 0.05) is 17.0 Å². The summed E-state index contributed by atoms with van der Waals surface area (Å²) in [5.74, 6) is -0.275. The third kappa shape index (κ3) is 1.31. The molecule has 1 aliphatic carbocycles. The molecule has 1 N–H and O–H groups in total. The molecule has 2 aromatic rings. The number of rotatable bonds is 0. The standard InChI is InChI=1S/C14H10BrFN2O/c15-8-4-7-10(5-9(8)16)17-6-11-12(7)14(2-1-3-14)13(19)18-11/h4-6H,1-3H2,(H,18,19).